The third kappa shape index (κ3) is 2.65. The molecule has 0 bridgehead atoms. The van der Waals surface area contributed by atoms with Crippen LogP contribution in [0, 0.1) is 23.2 Å². The first-order valence-electron chi connectivity index (χ1n) is 6.06. The van der Waals surface area contributed by atoms with Crippen molar-refractivity contribution in [1.82, 2.24) is 4.98 Å². The van der Waals surface area contributed by atoms with Crippen LogP contribution in [0.3, 0.4) is 0 Å². The molecule has 2 rings (SSSR count). The second kappa shape index (κ2) is 4.72. The van der Waals surface area contributed by atoms with E-state index in [0.29, 0.717) is 24.9 Å². The van der Waals surface area contributed by atoms with E-state index < -0.39 is 11.9 Å². The Bertz CT molecular complexity index is 509. The van der Waals surface area contributed by atoms with Crippen LogP contribution in [0.25, 0.3) is 0 Å². The van der Waals surface area contributed by atoms with Crippen molar-refractivity contribution in [3.63, 3.8) is 0 Å². The highest BCUT2D eigenvalue weighted by molar-refractivity contribution is 5.55. The Morgan fingerprint density at radius 1 is 1.26 bits per heavy atom. The van der Waals surface area contributed by atoms with E-state index in [2.05, 4.69) is 4.98 Å². The summed E-state index contributed by atoms with van der Waals surface area (Å²) in [6.45, 7) is 5.35. The molecule has 3 nitrogen and oxygen atoms in total. The van der Waals surface area contributed by atoms with Gasteiger partial charge in [-0.1, -0.05) is 13.8 Å². The standard InChI is InChI=1S/C13H14F3N3/c1-8-6-19(7-9(8)2)12-10(5-17)3-4-11(18-12)13(14,15)16/h3-4,8-9H,6-7H2,1-2H3. The molecule has 2 unspecified atom stereocenters. The minimum atomic E-state index is -4.49. The average molecular weight is 269 g/mol. The number of halogens is 3. The van der Waals surface area contributed by atoms with E-state index in [1.54, 1.807) is 4.90 Å². The molecule has 0 spiro atoms. The van der Waals surface area contributed by atoms with E-state index in [1.807, 2.05) is 19.9 Å². The van der Waals surface area contributed by atoms with Gasteiger partial charge in [-0.15, -0.1) is 0 Å². The number of anilines is 1. The van der Waals surface area contributed by atoms with Gasteiger partial charge in [0.05, 0.1) is 5.56 Å². The highest BCUT2D eigenvalue weighted by Crippen LogP contribution is 2.33. The molecule has 0 aromatic carbocycles. The van der Waals surface area contributed by atoms with Gasteiger partial charge < -0.3 is 4.90 Å². The summed E-state index contributed by atoms with van der Waals surface area (Å²) in [7, 11) is 0. The maximum Gasteiger partial charge on any atom is 0.433 e. The first-order valence-corrected chi connectivity index (χ1v) is 6.06. The summed E-state index contributed by atoms with van der Waals surface area (Å²) in [4.78, 5) is 5.41. The highest BCUT2D eigenvalue weighted by atomic mass is 19.4. The van der Waals surface area contributed by atoms with Crippen LogP contribution in [-0.4, -0.2) is 18.1 Å². The lowest BCUT2D eigenvalue weighted by Crippen LogP contribution is -2.23. The van der Waals surface area contributed by atoms with Crippen LogP contribution in [0.1, 0.15) is 25.1 Å². The molecule has 0 aliphatic carbocycles. The second-order valence-electron chi connectivity index (χ2n) is 5.04. The minimum Gasteiger partial charge on any atom is -0.355 e. The van der Waals surface area contributed by atoms with Crippen LogP contribution >= 0.6 is 0 Å². The van der Waals surface area contributed by atoms with E-state index >= 15 is 0 Å². The maximum absolute atomic E-state index is 12.7. The molecule has 1 fully saturated rings. The third-order valence-corrected chi connectivity index (χ3v) is 3.57. The van der Waals surface area contributed by atoms with E-state index in [-0.39, 0.29) is 11.4 Å². The predicted octanol–water partition coefficient (Wildman–Crippen LogP) is 3.06. The summed E-state index contributed by atoms with van der Waals surface area (Å²) in [6.07, 6.45) is -4.49. The summed E-state index contributed by atoms with van der Waals surface area (Å²) in [5.74, 6) is 0.902. The molecule has 1 aromatic heterocycles. The molecule has 1 aromatic rings. The quantitative estimate of drug-likeness (QED) is 0.786. The minimum absolute atomic E-state index is 0.147. The smallest absolute Gasteiger partial charge is 0.355 e. The fraction of sp³-hybridized carbons (Fsp3) is 0.538. The van der Waals surface area contributed by atoms with Crippen LogP contribution in [0.2, 0.25) is 0 Å². The lowest BCUT2D eigenvalue weighted by atomic mass is 10.0. The predicted molar refractivity (Wildman–Crippen MR) is 64.5 cm³/mol. The Morgan fingerprint density at radius 3 is 2.32 bits per heavy atom. The zero-order valence-electron chi connectivity index (χ0n) is 10.7. The first kappa shape index (κ1) is 13.7. The summed E-state index contributed by atoms with van der Waals surface area (Å²) >= 11 is 0. The van der Waals surface area contributed by atoms with Gasteiger partial charge in [-0.05, 0) is 24.0 Å². The number of rotatable bonds is 1. The Kier molecular flexibility index (Phi) is 3.40. The van der Waals surface area contributed by atoms with Crippen molar-refractivity contribution in [2.45, 2.75) is 20.0 Å². The molecule has 2 atom stereocenters. The van der Waals surface area contributed by atoms with E-state index in [0.717, 1.165) is 6.07 Å². The molecule has 2 heterocycles. The fourth-order valence-corrected chi connectivity index (χ4v) is 2.24. The number of aromatic nitrogens is 1. The van der Waals surface area contributed by atoms with Gasteiger partial charge in [-0.25, -0.2) is 4.98 Å². The van der Waals surface area contributed by atoms with Gasteiger partial charge in [-0.3, -0.25) is 0 Å². The molecule has 0 N–H and O–H groups in total. The van der Waals surface area contributed by atoms with Crippen LogP contribution in [0.5, 0.6) is 0 Å². The number of hydrogen-bond donors (Lipinski definition) is 0. The zero-order valence-corrected chi connectivity index (χ0v) is 10.7. The lowest BCUT2D eigenvalue weighted by Gasteiger charge is -2.19. The van der Waals surface area contributed by atoms with Crippen molar-refractivity contribution in [3.05, 3.63) is 23.4 Å². The van der Waals surface area contributed by atoms with Gasteiger partial charge in [0, 0.05) is 13.1 Å². The number of pyridine rings is 1. The topological polar surface area (TPSA) is 39.9 Å². The molecule has 0 saturated carbocycles. The van der Waals surface area contributed by atoms with Crippen molar-refractivity contribution in [3.8, 4) is 6.07 Å². The number of nitrogens with zero attached hydrogens (tertiary/aromatic N) is 3. The monoisotopic (exact) mass is 269 g/mol. The molecule has 1 aliphatic rings. The highest BCUT2D eigenvalue weighted by Gasteiger charge is 2.35. The van der Waals surface area contributed by atoms with Gasteiger partial charge in [0.2, 0.25) is 0 Å². The van der Waals surface area contributed by atoms with Crippen LogP contribution in [-0.2, 0) is 6.18 Å². The van der Waals surface area contributed by atoms with Crippen molar-refractivity contribution in [2.75, 3.05) is 18.0 Å². The van der Waals surface area contributed by atoms with Crippen LogP contribution in [0.15, 0.2) is 12.1 Å². The molecule has 0 radical (unpaired) electrons. The molecule has 1 saturated heterocycles. The van der Waals surface area contributed by atoms with Crippen LogP contribution in [0.4, 0.5) is 19.0 Å². The number of nitriles is 1. The summed E-state index contributed by atoms with van der Waals surface area (Å²) in [5, 5.41) is 9.01. The summed E-state index contributed by atoms with van der Waals surface area (Å²) in [6, 6.07) is 3.95. The van der Waals surface area contributed by atoms with E-state index in [1.165, 1.54) is 6.07 Å². The Labute approximate surface area is 109 Å². The molecule has 0 amide bonds. The van der Waals surface area contributed by atoms with Crippen LogP contribution < -0.4 is 4.90 Å². The molecule has 1 aliphatic heterocycles. The Balaban J connectivity index is 2.41. The van der Waals surface area contributed by atoms with E-state index in [4.69, 9.17) is 5.26 Å². The number of alkyl halides is 3. The van der Waals surface area contributed by atoms with Gasteiger partial charge in [-0.2, -0.15) is 18.4 Å². The zero-order chi connectivity index (χ0) is 14.2. The van der Waals surface area contributed by atoms with Crippen molar-refractivity contribution >= 4 is 5.82 Å². The largest absolute Gasteiger partial charge is 0.433 e. The van der Waals surface area contributed by atoms with Gasteiger partial charge in [0.1, 0.15) is 17.6 Å². The van der Waals surface area contributed by atoms with Gasteiger partial charge in [0.15, 0.2) is 0 Å². The molecule has 19 heavy (non-hydrogen) atoms. The maximum atomic E-state index is 12.7. The number of hydrogen-bond acceptors (Lipinski definition) is 3. The normalized spacial score (nSPS) is 23.5. The van der Waals surface area contributed by atoms with Crippen molar-refractivity contribution in [2.24, 2.45) is 11.8 Å². The lowest BCUT2D eigenvalue weighted by molar-refractivity contribution is -0.141. The first-order chi connectivity index (χ1) is 8.82. The Morgan fingerprint density at radius 2 is 1.84 bits per heavy atom. The van der Waals surface area contributed by atoms with Crippen molar-refractivity contribution < 1.29 is 13.2 Å². The fourth-order valence-electron chi connectivity index (χ4n) is 2.24. The SMILES string of the molecule is CC1CN(c2nc(C(F)(F)F)ccc2C#N)CC1C. The summed E-state index contributed by atoms with van der Waals surface area (Å²) in [5.41, 5.74) is -0.761. The van der Waals surface area contributed by atoms with E-state index in [9.17, 15) is 13.2 Å². The molecule has 102 valence electrons. The third-order valence-electron chi connectivity index (χ3n) is 3.57. The Hall–Kier alpha value is -1.77. The second-order valence-corrected chi connectivity index (χ2v) is 5.04. The molecular formula is C13H14F3N3. The average Bonchev–Trinajstić information content (AvgIpc) is 2.67. The van der Waals surface area contributed by atoms with Crippen molar-refractivity contribution in [1.29, 1.82) is 5.26 Å². The van der Waals surface area contributed by atoms with Gasteiger partial charge >= 0.3 is 6.18 Å². The van der Waals surface area contributed by atoms with Gasteiger partial charge in [0.25, 0.3) is 0 Å². The molecular weight excluding hydrogens is 255 g/mol. The molecule has 6 heteroatoms. The summed E-state index contributed by atoms with van der Waals surface area (Å²) < 4.78 is 38.0.